The number of likely N-dealkylation sites (tertiary alicyclic amines) is 2. The van der Waals surface area contributed by atoms with E-state index in [1.54, 1.807) is 12.3 Å². The molecule has 6 nitrogen and oxygen atoms in total. The molecule has 2 aromatic rings. The number of rotatable bonds is 4. The van der Waals surface area contributed by atoms with Gasteiger partial charge in [0.2, 0.25) is 5.91 Å². The molecule has 0 radical (unpaired) electrons. The summed E-state index contributed by atoms with van der Waals surface area (Å²) in [6, 6.07) is 12.1. The fourth-order valence-corrected chi connectivity index (χ4v) is 7.36. The molecule has 1 aromatic carbocycles. The highest BCUT2D eigenvalue weighted by Gasteiger charge is 2.49. The summed E-state index contributed by atoms with van der Waals surface area (Å²) in [6.07, 6.45) is 3.16. The van der Waals surface area contributed by atoms with Crippen molar-refractivity contribution in [3.63, 3.8) is 0 Å². The molecule has 4 fully saturated rings. The molecule has 3 unspecified atom stereocenters. The van der Waals surface area contributed by atoms with Crippen molar-refractivity contribution in [2.45, 2.75) is 74.8 Å². The van der Waals surface area contributed by atoms with Gasteiger partial charge in [0.1, 0.15) is 5.60 Å². The standard InChI is InChI=1S/C29H35F3N4O2/c30-29(31,32)21-4-3-5-23(18-21)34-15-9-20(19-34)27(37)36-17-11-24-25(36)10-16-35(24)22-7-12-28(38,13-8-22)26-6-1-2-14-33-26/h1-6,14,18,20,22,24-25,38H,7-13,15-17,19H2. The molecule has 1 saturated carbocycles. The second-order valence-electron chi connectivity index (χ2n) is 11.4. The van der Waals surface area contributed by atoms with Gasteiger partial charge in [0.15, 0.2) is 0 Å². The number of anilines is 1. The number of fused-ring (bicyclic) bond motifs is 1. The van der Waals surface area contributed by atoms with E-state index in [9.17, 15) is 23.1 Å². The highest BCUT2D eigenvalue weighted by atomic mass is 19.4. The quantitative estimate of drug-likeness (QED) is 0.636. The number of benzene rings is 1. The highest BCUT2D eigenvalue weighted by molar-refractivity contribution is 5.81. The van der Waals surface area contributed by atoms with Gasteiger partial charge >= 0.3 is 6.18 Å². The van der Waals surface area contributed by atoms with Gasteiger partial charge in [-0.15, -0.1) is 0 Å². The average Bonchev–Trinajstić information content (AvgIpc) is 3.66. The monoisotopic (exact) mass is 528 g/mol. The van der Waals surface area contributed by atoms with Gasteiger partial charge in [0, 0.05) is 56.2 Å². The van der Waals surface area contributed by atoms with E-state index in [4.69, 9.17) is 0 Å². The van der Waals surface area contributed by atoms with Crippen LogP contribution in [-0.2, 0) is 16.6 Å². The van der Waals surface area contributed by atoms with Gasteiger partial charge in [-0.2, -0.15) is 13.2 Å². The smallest absolute Gasteiger partial charge is 0.384 e. The van der Waals surface area contributed by atoms with Gasteiger partial charge in [0.25, 0.3) is 0 Å². The van der Waals surface area contributed by atoms with E-state index in [1.807, 2.05) is 23.1 Å². The van der Waals surface area contributed by atoms with Crippen LogP contribution in [0.5, 0.6) is 0 Å². The van der Waals surface area contributed by atoms with Crippen LogP contribution in [0.1, 0.15) is 56.2 Å². The number of alkyl halides is 3. The van der Waals surface area contributed by atoms with Crippen molar-refractivity contribution in [1.29, 1.82) is 0 Å². The fraction of sp³-hybridized carbons (Fsp3) is 0.586. The first-order chi connectivity index (χ1) is 18.2. The summed E-state index contributed by atoms with van der Waals surface area (Å²) in [5, 5.41) is 11.2. The third-order valence-corrected chi connectivity index (χ3v) is 9.37. The van der Waals surface area contributed by atoms with Crippen LogP contribution in [0.25, 0.3) is 0 Å². The van der Waals surface area contributed by atoms with Crippen LogP contribution >= 0.6 is 0 Å². The molecule has 204 valence electrons. The lowest BCUT2D eigenvalue weighted by Gasteiger charge is -2.41. The predicted molar refractivity (Wildman–Crippen MR) is 137 cm³/mol. The first-order valence-corrected chi connectivity index (χ1v) is 13.9. The molecule has 38 heavy (non-hydrogen) atoms. The maximum Gasteiger partial charge on any atom is 0.416 e. The number of hydrogen-bond acceptors (Lipinski definition) is 5. The van der Waals surface area contributed by atoms with Crippen LogP contribution in [0, 0.1) is 5.92 Å². The van der Waals surface area contributed by atoms with Crippen molar-refractivity contribution in [3.05, 3.63) is 59.9 Å². The van der Waals surface area contributed by atoms with E-state index < -0.39 is 17.3 Å². The minimum Gasteiger partial charge on any atom is -0.384 e. The van der Waals surface area contributed by atoms with Crippen molar-refractivity contribution in [3.8, 4) is 0 Å². The maximum atomic E-state index is 13.6. The normalized spacial score (nSPS) is 32.1. The molecule has 1 aliphatic carbocycles. The highest BCUT2D eigenvalue weighted by Crippen LogP contribution is 2.42. The molecule has 1 amide bonds. The third-order valence-electron chi connectivity index (χ3n) is 9.37. The SMILES string of the molecule is O=C(C1CCN(c2cccc(C(F)(F)F)c2)C1)N1CCC2C1CCN2C1CCC(O)(c2ccccn2)CC1. The number of nitrogens with zero attached hydrogens (tertiary/aromatic N) is 4. The van der Waals surface area contributed by atoms with Gasteiger partial charge in [-0.25, -0.2) is 0 Å². The summed E-state index contributed by atoms with van der Waals surface area (Å²) in [4.78, 5) is 24.5. The van der Waals surface area contributed by atoms with Crippen LogP contribution in [0.3, 0.4) is 0 Å². The Labute approximate surface area is 221 Å². The maximum absolute atomic E-state index is 13.6. The van der Waals surface area contributed by atoms with Gasteiger partial charge < -0.3 is 14.9 Å². The topological polar surface area (TPSA) is 59.9 Å². The Morgan fingerprint density at radius 3 is 2.47 bits per heavy atom. The van der Waals surface area contributed by atoms with Crippen molar-refractivity contribution in [1.82, 2.24) is 14.8 Å². The Morgan fingerprint density at radius 1 is 0.947 bits per heavy atom. The first kappa shape index (κ1) is 25.6. The summed E-state index contributed by atoms with van der Waals surface area (Å²) < 4.78 is 39.5. The van der Waals surface area contributed by atoms with Gasteiger partial charge in [-0.3, -0.25) is 14.7 Å². The van der Waals surface area contributed by atoms with E-state index in [0.717, 1.165) is 50.5 Å². The lowest BCUT2D eigenvalue weighted by molar-refractivity contribution is -0.137. The number of hydrogen-bond donors (Lipinski definition) is 1. The largest absolute Gasteiger partial charge is 0.416 e. The van der Waals surface area contributed by atoms with Crippen LogP contribution in [0.2, 0.25) is 0 Å². The molecule has 1 N–H and O–H groups in total. The summed E-state index contributed by atoms with van der Waals surface area (Å²) in [7, 11) is 0. The Hall–Kier alpha value is -2.65. The van der Waals surface area contributed by atoms with Crippen LogP contribution in [0.15, 0.2) is 48.7 Å². The number of aliphatic hydroxyl groups is 1. The number of aromatic nitrogens is 1. The molecule has 0 spiro atoms. The zero-order valence-corrected chi connectivity index (χ0v) is 21.5. The minimum atomic E-state index is -4.38. The van der Waals surface area contributed by atoms with Gasteiger partial charge in [-0.1, -0.05) is 12.1 Å². The van der Waals surface area contributed by atoms with E-state index in [0.29, 0.717) is 50.1 Å². The molecule has 3 atom stereocenters. The zero-order chi connectivity index (χ0) is 26.5. The first-order valence-electron chi connectivity index (χ1n) is 13.9. The Morgan fingerprint density at radius 2 is 1.74 bits per heavy atom. The average molecular weight is 529 g/mol. The van der Waals surface area contributed by atoms with Crippen LogP contribution < -0.4 is 4.90 Å². The van der Waals surface area contributed by atoms with Crippen molar-refractivity contribution >= 4 is 11.6 Å². The van der Waals surface area contributed by atoms with Gasteiger partial charge in [0.05, 0.1) is 17.2 Å². The molecule has 3 aliphatic heterocycles. The zero-order valence-electron chi connectivity index (χ0n) is 21.5. The summed E-state index contributed by atoms with van der Waals surface area (Å²) in [6.45, 7) is 2.77. The Balaban J connectivity index is 1.06. The van der Waals surface area contributed by atoms with E-state index in [-0.39, 0.29) is 17.9 Å². The molecule has 4 heterocycles. The van der Waals surface area contributed by atoms with Crippen molar-refractivity contribution < 1.29 is 23.1 Å². The van der Waals surface area contributed by atoms with E-state index >= 15 is 0 Å². The minimum absolute atomic E-state index is 0.155. The number of carbonyl (C=O) groups is 1. The van der Waals surface area contributed by atoms with Gasteiger partial charge in [-0.05, 0) is 75.3 Å². The number of amides is 1. The molecule has 1 aromatic heterocycles. The van der Waals surface area contributed by atoms with Crippen molar-refractivity contribution in [2.75, 3.05) is 31.1 Å². The molecular formula is C29H35F3N4O2. The molecule has 3 saturated heterocycles. The number of carbonyl (C=O) groups excluding carboxylic acids is 1. The molecule has 0 bridgehead atoms. The fourth-order valence-electron chi connectivity index (χ4n) is 7.36. The number of halogens is 3. The molecular weight excluding hydrogens is 493 g/mol. The Kier molecular flexibility index (Phi) is 6.63. The molecule has 4 aliphatic rings. The van der Waals surface area contributed by atoms with Crippen LogP contribution in [0.4, 0.5) is 18.9 Å². The third kappa shape index (κ3) is 4.68. The second kappa shape index (κ2) is 9.83. The van der Waals surface area contributed by atoms with E-state index in [2.05, 4.69) is 14.8 Å². The lowest BCUT2D eigenvalue weighted by atomic mass is 9.79. The molecule has 9 heteroatoms. The molecule has 6 rings (SSSR count). The summed E-state index contributed by atoms with van der Waals surface area (Å²) in [5.74, 6) is -0.0256. The summed E-state index contributed by atoms with van der Waals surface area (Å²) >= 11 is 0. The van der Waals surface area contributed by atoms with Crippen LogP contribution in [-0.4, -0.2) is 70.1 Å². The summed E-state index contributed by atoms with van der Waals surface area (Å²) in [5.41, 5.74) is -0.224. The van der Waals surface area contributed by atoms with Crippen molar-refractivity contribution in [2.24, 2.45) is 5.92 Å². The number of pyridine rings is 1. The second-order valence-corrected chi connectivity index (χ2v) is 11.4. The van der Waals surface area contributed by atoms with E-state index in [1.165, 1.54) is 12.1 Å². The Bertz CT molecular complexity index is 1150. The lowest BCUT2D eigenvalue weighted by Crippen LogP contribution is -2.47. The predicted octanol–water partition coefficient (Wildman–Crippen LogP) is 4.43.